The standard InChI is InChI=1S/C7H9O2/c1-3-5-6(4-2)7(8)9/h1,6H,4-5H2,2H3. The predicted octanol–water partition coefficient (Wildman–Crippen LogP) is 0.993. The molecule has 0 N–H and O–H groups in total. The Balaban J connectivity index is 3.71. The molecule has 1 unspecified atom stereocenters. The molecule has 2 nitrogen and oxygen atoms in total. The van der Waals surface area contributed by atoms with E-state index in [0.717, 1.165) is 0 Å². The van der Waals surface area contributed by atoms with Gasteiger partial charge in [-0.05, 0) is 6.42 Å². The van der Waals surface area contributed by atoms with Crippen molar-refractivity contribution in [2.75, 3.05) is 0 Å². The van der Waals surface area contributed by atoms with Gasteiger partial charge in [0.1, 0.15) is 0 Å². The highest BCUT2D eigenvalue weighted by molar-refractivity contribution is 5.69. The van der Waals surface area contributed by atoms with E-state index in [-0.39, 0.29) is 6.42 Å². The Labute approximate surface area is 54.9 Å². The molecule has 0 aliphatic heterocycles. The lowest BCUT2D eigenvalue weighted by atomic mass is 10.0. The molecule has 0 aromatic rings. The van der Waals surface area contributed by atoms with Crippen molar-refractivity contribution in [1.82, 2.24) is 0 Å². The summed E-state index contributed by atoms with van der Waals surface area (Å²) in [6, 6.07) is 0. The third kappa shape index (κ3) is 2.76. The van der Waals surface area contributed by atoms with Crippen molar-refractivity contribution < 1.29 is 9.90 Å². The van der Waals surface area contributed by atoms with Crippen LogP contribution in [0.1, 0.15) is 19.8 Å². The van der Waals surface area contributed by atoms with E-state index in [2.05, 4.69) is 5.92 Å². The SMILES string of the molecule is C#CCC(CC)C([O])=O. The zero-order valence-corrected chi connectivity index (χ0v) is 5.39. The quantitative estimate of drug-likeness (QED) is 0.518. The first-order valence-corrected chi connectivity index (χ1v) is 2.86. The van der Waals surface area contributed by atoms with Gasteiger partial charge in [0.2, 0.25) is 0 Å². The minimum absolute atomic E-state index is 0.277. The molecule has 0 rings (SSSR count). The number of rotatable bonds is 3. The van der Waals surface area contributed by atoms with Gasteiger partial charge in [-0.3, -0.25) is 0 Å². The molecule has 0 heterocycles. The van der Waals surface area contributed by atoms with Gasteiger partial charge in [-0.1, -0.05) is 6.92 Å². The van der Waals surface area contributed by atoms with Crippen LogP contribution in [-0.2, 0) is 9.90 Å². The molecule has 0 aromatic carbocycles. The number of hydrogen-bond acceptors (Lipinski definition) is 1. The Bertz CT molecular complexity index is 132. The van der Waals surface area contributed by atoms with Crippen LogP contribution < -0.4 is 0 Å². The van der Waals surface area contributed by atoms with Crippen LogP contribution in [0.4, 0.5) is 0 Å². The van der Waals surface area contributed by atoms with E-state index in [1.807, 2.05) is 0 Å². The number of hydrogen-bond donors (Lipinski definition) is 0. The van der Waals surface area contributed by atoms with Crippen molar-refractivity contribution in [2.24, 2.45) is 5.92 Å². The average molecular weight is 125 g/mol. The summed E-state index contributed by atoms with van der Waals surface area (Å²) in [4.78, 5) is 10.1. The molecule has 0 fully saturated rings. The molecule has 9 heavy (non-hydrogen) atoms. The second-order valence-electron chi connectivity index (χ2n) is 1.83. The van der Waals surface area contributed by atoms with Crippen LogP contribution in [0.15, 0.2) is 0 Å². The van der Waals surface area contributed by atoms with Crippen molar-refractivity contribution in [3.63, 3.8) is 0 Å². The van der Waals surface area contributed by atoms with Crippen LogP contribution in [0.5, 0.6) is 0 Å². The zero-order valence-electron chi connectivity index (χ0n) is 5.39. The summed E-state index contributed by atoms with van der Waals surface area (Å²) in [5.41, 5.74) is 0. The minimum atomic E-state index is -1.05. The van der Waals surface area contributed by atoms with E-state index in [9.17, 15) is 9.90 Å². The van der Waals surface area contributed by atoms with Gasteiger partial charge in [0.25, 0.3) is 0 Å². The van der Waals surface area contributed by atoms with E-state index in [4.69, 9.17) is 6.42 Å². The summed E-state index contributed by atoms with van der Waals surface area (Å²) in [6.45, 7) is 1.78. The molecule has 0 aliphatic rings. The molecule has 2 heteroatoms. The highest BCUT2D eigenvalue weighted by atomic mass is 16.4. The third-order valence-electron chi connectivity index (χ3n) is 1.19. The van der Waals surface area contributed by atoms with Crippen molar-refractivity contribution in [3.05, 3.63) is 0 Å². The van der Waals surface area contributed by atoms with Crippen molar-refractivity contribution in [3.8, 4) is 12.3 Å². The summed E-state index contributed by atoms with van der Waals surface area (Å²) in [5.74, 6) is 0.770. The van der Waals surface area contributed by atoms with Crippen LogP contribution in [0, 0.1) is 18.3 Å². The maximum Gasteiger partial charge on any atom is 0.359 e. The van der Waals surface area contributed by atoms with Crippen LogP contribution in [0.2, 0.25) is 0 Å². The van der Waals surface area contributed by atoms with E-state index in [0.29, 0.717) is 6.42 Å². The molecule has 0 amide bonds. The molecule has 1 atom stereocenters. The van der Waals surface area contributed by atoms with E-state index >= 15 is 0 Å². The van der Waals surface area contributed by atoms with Gasteiger partial charge in [-0.15, -0.1) is 12.3 Å². The van der Waals surface area contributed by atoms with Gasteiger partial charge >= 0.3 is 5.97 Å². The Morgan fingerprint density at radius 1 is 1.78 bits per heavy atom. The summed E-state index contributed by atoms with van der Waals surface area (Å²) in [6.07, 6.45) is 5.73. The number of carbonyl (C=O) groups excluding carboxylic acids is 1. The maximum atomic E-state index is 10.1. The fraction of sp³-hybridized carbons (Fsp3) is 0.571. The Morgan fingerprint density at radius 3 is 2.44 bits per heavy atom. The largest absolute Gasteiger partial charge is 0.359 e. The van der Waals surface area contributed by atoms with E-state index < -0.39 is 11.9 Å². The van der Waals surface area contributed by atoms with Crippen LogP contribution in [0.3, 0.4) is 0 Å². The van der Waals surface area contributed by atoms with Crippen LogP contribution >= 0.6 is 0 Å². The minimum Gasteiger partial charge on any atom is -0.247 e. The maximum absolute atomic E-state index is 10.1. The molecule has 0 saturated carbocycles. The first-order valence-electron chi connectivity index (χ1n) is 2.86. The van der Waals surface area contributed by atoms with Crippen LogP contribution in [0.25, 0.3) is 0 Å². The number of carbonyl (C=O) groups is 1. The highest BCUT2D eigenvalue weighted by Crippen LogP contribution is 2.06. The van der Waals surface area contributed by atoms with E-state index in [1.54, 1.807) is 6.92 Å². The monoisotopic (exact) mass is 125 g/mol. The first kappa shape index (κ1) is 8.03. The highest BCUT2D eigenvalue weighted by Gasteiger charge is 2.14. The van der Waals surface area contributed by atoms with Gasteiger partial charge in [0, 0.05) is 6.42 Å². The predicted molar refractivity (Wildman–Crippen MR) is 32.9 cm³/mol. The van der Waals surface area contributed by atoms with Gasteiger partial charge in [0.05, 0.1) is 5.92 Å². The molecular weight excluding hydrogens is 116 g/mol. The molecule has 0 bridgehead atoms. The first-order chi connectivity index (χ1) is 4.22. The number of terminal acetylenes is 1. The molecule has 1 radical (unpaired) electrons. The van der Waals surface area contributed by atoms with Crippen LogP contribution in [-0.4, -0.2) is 5.97 Å². The lowest BCUT2D eigenvalue weighted by Crippen LogP contribution is -2.09. The zero-order chi connectivity index (χ0) is 7.28. The molecular formula is C7H9O2. The Morgan fingerprint density at radius 2 is 2.33 bits per heavy atom. The Hall–Kier alpha value is -0.970. The fourth-order valence-electron chi connectivity index (χ4n) is 0.537. The van der Waals surface area contributed by atoms with Gasteiger partial charge < -0.3 is 0 Å². The normalized spacial score (nSPS) is 12.0. The molecule has 0 saturated heterocycles. The second kappa shape index (κ2) is 3.96. The topological polar surface area (TPSA) is 37.0 Å². The fourth-order valence-corrected chi connectivity index (χ4v) is 0.537. The van der Waals surface area contributed by atoms with Gasteiger partial charge in [-0.2, -0.15) is 0 Å². The second-order valence-corrected chi connectivity index (χ2v) is 1.83. The van der Waals surface area contributed by atoms with E-state index in [1.165, 1.54) is 0 Å². The summed E-state index contributed by atoms with van der Waals surface area (Å²) >= 11 is 0. The van der Waals surface area contributed by atoms with Crippen molar-refractivity contribution in [2.45, 2.75) is 19.8 Å². The lowest BCUT2D eigenvalue weighted by Gasteiger charge is -1.99. The van der Waals surface area contributed by atoms with Gasteiger partial charge in [-0.25, -0.2) is 9.90 Å². The smallest absolute Gasteiger partial charge is 0.247 e. The average Bonchev–Trinajstić information content (AvgIpc) is 1.82. The summed E-state index contributed by atoms with van der Waals surface area (Å²) in [5, 5.41) is 10.1. The molecule has 0 aromatic heterocycles. The van der Waals surface area contributed by atoms with Crippen molar-refractivity contribution >= 4 is 5.97 Å². The summed E-state index contributed by atoms with van der Waals surface area (Å²) < 4.78 is 0. The van der Waals surface area contributed by atoms with Crippen molar-refractivity contribution in [1.29, 1.82) is 0 Å². The summed E-state index contributed by atoms with van der Waals surface area (Å²) in [7, 11) is 0. The molecule has 49 valence electrons. The van der Waals surface area contributed by atoms with Gasteiger partial charge in [0.15, 0.2) is 0 Å². The molecule has 0 aliphatic carbocycles. The Kier molecular flexibility index (Phi) is 3.54. The third-order valence-corrected chi connectivity index (χ3v) is 1.19. The lowest BCUT2D eigenvalue weighted by molar-refractivity contribution is -0.147. The molecule has 0 spiro atoms.